The van der Waals surface area contributed by atoms with Crippen molar-refractivity contribution in [1.29, 1.82) is 0 Å². The zero-order chi connectivity index (χ0) is 12.5. The molecule has 0 amide bonds. The highest BCUT2D eigenvalue weighted by atomic mass is 32.2. The Morgan fingerprint density at radius 3 is 2.94 bits per heavy atom. The van der Waals surface area contributed by atoms with Crippen LogP contribution >= 0.6 is 0 Å². The van der Waals surface area contributed by atoms with Gasteiger partial charge in [0.25, 0.3) is 10.0 Å². The maximum atomic E-state index is 12.1. The van der Waals surface area contributed by atoms with Gasteiger partial charge in [0.1, 0.15) is 0 Å². The van der Waals surface area contributed by atoms with E-state index in [4.69, 9.17) is 5.73 Å². The first-order valence-electron chi connectivity index (χ1n) is 5.61. The fourth-order valence-corrected chi connectivity index (χ4v) is 3.66. The fourth-order valence-electron chi connectivity index (χ4n) is 2.26. The van der Waals surface area contributed by atoms with Gasteiger partial charge in [0.15, 0.2) is 5.03 Å². The predicted molar refractivity (Wildman–Crippen MR) is 61.5 cm³/mol. The summed E-state index contributed by atoms with van der Waals surface area (Å²) in [6, 6.07) is -0.0695. The van der Waals surface area contributed by atoms with Crippen LogP contribution in [0.5, 0.6) is 0 Å². The molecule has 96 valence electrons. The topological polar surface area (TPSA) is 103 Å². The average Bonchev–Trinajstić information content (AvgIpc) is 2.86. The summed E-state index contributed by atoms with van der Waals surface area (Å²) in [4.78, 5) is 0. The molecule has 0 spiro atoms. The van der Waals surface area contributed by atoms with Crippen LogP contribution in [-0.4, -0.2) is 36.0 Å². The molecule has 1 fully saturated rings. The minimum Gasteiger partial charge on any atom is -0.330 e. The third-order valence-corrected chi connectivity index (χ3v) is 4.75. The van der Waals surface area contributed by atoms with Crippen molar-refractivity contribution < 1.29 is 8.42 Å². The van der Waals surface area contributed by atoms with Crippen LogP contribution < -0.4 is 10.5 Å². The first-order valence-corrected chi connectivity index (χ1v) is 7.10. The molecule has 1 aliphatic rings. The predicted octanol–water partition coefficient (Wildman–Crippen LogP) is -0.779. The van der Waals surface area contributed by atoms with E-state index in [0.717, 1.165) is 19.3 Å². The van der Waals surface area contributed by atoms with Crippen molar-refractivity contribution in [2.24, 2.45) is 18.7 Å². The molecule has 0 radical (unpaired) electrons. The van der Waals surface area contributed by atoms with Gasteiger partial charge in [-0.2, -0.15) is 0 Å². The van der Waals surface area contributed by atoms with E-state index in [0.29, 0.717) is 6.54 Å². The molecule has 1 aromatic heterocycles. The normalized spacial score (nSPS) is 25.3. The summed E-state index contributed by atoms with van der Waals surface area (Å²) in [7, 11) is -1.99. The van der Waals surface area contributed by atoms with Gasteiger partial charge in [-0.3, -0.25) is 0 Å². The zero-order valence-electron chi connectivity index (χ0n) is 9.70. The van der Waals surface area contributed by atoms with E-state index in [1.807, 2.05) is 0 Å². The molecule has 0 aromatic carbocycles. The Hall–Kier alpha value is -0.990. The highest BCUT2D eigenvalue weighted by Crippen LogP contribution is 2.25. The number of nitrogens with zero attached hydrogens (tertiary/aromatic N) is 3. The number of hydrogen-bond acceptors (Lipinski definition) is 5. The van der Waals surface area contributed by atoms with E-state index in [1.54, 1.807) is 7.05 Å². The van der Waals surface area contributed by atoms with Crippen LogP contribution in [0, 0.1) is 5.92 Å². The molecular weight excluding hydrogens is 242 g/mol. The van der Waals surface area contributed by atoms with Crippen molar-refractivity contribution in [2.75, 3.05) is 6.54 Å². The van der Waals surface area contributed by atoms with Crippen LogP contribution in [0.3, 0.4) is 0 Å². The molecule has 8 heteroatoms. The molecule has 17 heavy (non-hydrogen) atoms. The summed E-state index contributed by atoms with van der Waals surface area (Å²) < 4.78 is 28.1. The third kappa shape index (κ3) is 2.48. The van der Waals surface area contributed by atoms with Crippen molar-refractivity contribution in [1.82, 2.24) is 19.7 Å². The second-order valence-corrected chi connectivity index (χ2v) is 6.01. The van der Waals surface area contributed by atoms with Gasteiger partial charge in [0.05, 0.1) is 6.20 Å². The first-order chi connectivity index (χ1) is 8.04. The summed E-state index contributed by atoms with van der Waals surface area (Å²) >= 11 is 0. The Balaban J connectivity index is 2.16. The summed E-state index contributed by atoms with van der Waals surface area (Å²) in [5.74, 6) is 0.228. The molecule has 2 unspecified atom stereocenters. The second-order valence-electron chi connectivity index (χ2n) is 4.35. The Bertz CT molecular complexity index is 483. The van der Waals surface area contributed by atoms with Crippen LogP contribution in [0.2, 0.25) is 0 Å². The molecule has 0 aliphatic heterocycles. The lowest BCUT2D eigenvalue weighted by molar-refractivity contribution is 0.450. The number of nitrogens with one attached hydrogen (secondary N) is 1. The largest absolute Gasteiger partial charge is 0.330 e. The number of rotatable bonds is 4. The average molecular weight is 259 g/mol. The van der Waals surface area contributed by atoms with Gasteiger partial charge in [0, 0.05) is 13.1 Å². The van der Waals surface area contributed by atoms with Crippen LogP contribution in [0.15, 0.2) is 11.2 Å². The molecule has 2 rings (SSSR count). The molecule has 7 nitrogen and oxygen atoms in total. The first kappa shape index (κ1) is 12.5. The lowest BCUT2D eigenvalue weighted by atomic mass is 10.1. The number of aryl methyl sites for hydroxylation is 1. The van der Waals surface area contributed by atoms with Crippen LogP contribution in [0.1, 0.15) is 19.3 Å². The maximum absolute atomic E-state index is 12.1. The number of hydrogen-bond donors (Lipinski definition) is 2. The van der Waals surface area contributed by atoms with Crippen LogP contribution in [0.25, 0.3) is 0 Å². The second kappa shape index (κ2) is 4.71. The van der Waals surface area contributed by atoms with Gasteiger partial charge in [-0.15, -0.1) is 5.10 Å². The van der Waals surface area contributed by atoms with Gasteiger partial charge in [0.2, 0.25) is 0 Å². The Morgan fingerprint density at radius 1 is 1.59 bits per heavy atom. The van der Waals surface area contributed by atoms with Gasteiger partial charge in [-0.1, -0.05) is 11.6 Å². The van der Waals surface area contributed by atoms with E-state index in [1.165, 1.54) is 10.9 Å². The van der Waals surface area contributed by atoms with Crippen molar-refractivity contribution in [3.8, 4) is 0 Å². The summed E-state index contributed by atoms with van der Waals surface area (Å²) in [5, 5.41) is 7.27. The lowest BCUT2D eigenvalue weighted by Crippen LogP contribution is -2.40. The van der Waals surface area contributed by atoms with E-state index in [-0.39, 0.29) is 17.0 Å². The Kier molecular flexibility index (Phi) is 3.45. The minimum absolute atomic E-state index is 0.0695. The van der Waals surface area contributed by atoms with Crippen molar-refractivity contribution in [2.45, 2.75) is 30.3 Å². The molecule has 1 heterocycles. The molecule has 1 aliphatic carbocycles. The van der Waals surface area contributed by atoms with Crippen molar-refractivity contribution in [3.05, 3.63) is 6.20 Å². The lowest BCUT2D eigenvalue weighted by Gasteiger charge is -2.18. The van der Waals surface area contributed by atoms with E-state index in [9.17, 15) is 8.42 Å². The number of aromatic nitrogens is 3. The number of sulfonamides is 1. The molecule has 0 saturated heterocycles. The highest BCUT2D eigenvalue weighted by Gasteiger charge is 2.31. The third-order valence-electron chi connectivity index (χ3n) is 3.22. The highest BCUT2D eigenvalue weighted by molar-refractivity contribution is 7.89. The maximum Gasteiger partial charge on any atom is 0.259 e. The summed E-state index contributed by atoms with van der Waals surface area (Å²) in [6.07, 6.45) is 4.08. The fraction of sp³-hybridized carbons (Fsp3) is 0.778. The van der Waals surface area contributed by atoms with Gasteiger partial charge < -0.3 is 5.73 Å². The van der Waals surface area contributed by atoms with E-state index >= 15 is 0 Å². The Morgan fingerprint density at radius 2 is 2.35 bits per heavy atom. The molecule has 2 atom stereocenters. The molecule has 3 N–H and O–H groups in total. The molecular formula is C9H17N5O2S. The quantitative estimate of drug-likeness (QED) is 0.738. The Labute approximate surface area is 100 Å². The van der Waals surface area contributed by atoms with Crippen molar-refractivity contribution >= 4 is 10.0 Å². The van der Waals surface area contributed by atoms with Gasteiger partial charge in [-0.05, 0) is 25.3 Å². The smallest absolute Gasteiger partial charge is 0.259 e. The van der Waals surface area contributed by atoms with Crippen LogP contribution in [-0.2, 0) is 17.1 Å². The molecule has 1 aromatic rings. The molecule has 1 saturated carbocycles. The van der Waals surface area contributed by atoms with E-state index < -0.39 is 10.0 Å². The monoisotopic (exact) mass is 259 g/mol. The van der Waals surface area contributed by atoms with Crippen molar-refractivity contribution in [3.63, 3.8) is 0 Å². The summed E-state index contributed by atoms with van der Waals surface area (Å²) in [5.41, 5.74) is 5.63. The van der Waals surface area contributed by atoms with E-state index in [2.05, 4.69) is 15.0 Å². The minimum atomic E-state index is -3.54. The zero-order valence-corrected chi connectivity index (χ0v) is 10.5. The van der Waals surface area contributed by atoms with Crippen LogP contribution in [0.4, 0.5) is 0 Å². The SMILES string of the molecule is Cn1nncc1S(=O)(=O)NC1CCCC1CN. The standard InChI is InChI=1S/C9H17N5O2S/c1-14-9(6-11-13-14)17(15,16)12-8-4-2-3-7(8)5-10/h6-8,12H,2-5,10H2,1H3. The van der Waals surface area contributed by atoms with Gasteiger partial charge >= 0.3 is 0 Å². The van der Waals surface area contributed by atoms with Gasteiger partial charge in [-0.25, -0.2) is 17.8 Å². The number of nitrogens with two attached hydrogens (primary N) is 1. The molecule has 0 bridgehead atoms. The summed E-state index contributed by atoms with van der Waals surface area (Å²) in [6.45, 7) is 0.511.